The van der Waals surface area contributed by atoms with Gasteiger partial charge in [0.05, 0.1) is 13.5 Å². The molecule has 2 rings (SSSR count). The molecule has 2 aromatic carbocycles. The van der Waals surface area contributed by atoms with E-state index in [1.807, 2.05) is 60.7 Å². The maximum absolute atomic E-state index is 12.8. The maximum Gasteiger partial charge on any atom is 0.324 e. The highest BCUT2D eigenvalue weighted by Crippen LogP contribution is 2.10. The first-order valence-corrected chi connectivity index (χ1v) is 11.0. The van der Waals surface area contributed by atoms with Crippen LogP contribution in [-0.2, 0) is 41.8 Å². The van der Waals surface area contributed by atoms with Crippen molar-refractivity contribution in [1.29, 1.82) is 0 Å². The minimum absolute atomic E-state index is 0.0486. The van der Waals surface area contributed by atoms with Crippen molar-refractivity contribution >= 4 is 17.9 Å². The minimum Gasteiger partial charge on any atom is -0.468 e. The van der Waals surface area contributed by atoms with Crippen LogP contribution in [0.2, 0.25) is 0 Å². The van der Waals surface area contributed by atoms with Crippen molar-refractivity contribution in [2.75, 3.05) is 13.7 Å². The molecule has 0 radical (unpaired) electrons. The summed E-state index contributed by atoms with van der Waals surface area (Å²) in [7, 11) is 1.27. The predicted octanol–water partition coefficient (Wildman–Crippen LogP) is 2.49. The molecule has 0 fully saturated rings. The van der Waals surface area contributed by atoms with Gasteiger partial charge in [-0.2, -0.15) is 0 Å². The van der Waals surface area contributed by atoms with Crippen LogP contribution in [0.25, 0.3) is 0 Å². The van der Waals surface area contributed by atoms with Gasteiger partial charge in [0.15, 0.2) is 0 Å². The SMILES string of the molecule is COC(=O)C(CCCCN)NC(CC(=O)OCc1ccccc1)C(=O)OCc1ccccc1. The van der Waals surface area contributed by atoms with Crippen molar-refractivity contribution in [3.05, 3.63) is 71.8 Å². The summed E-state index contributed by atoms with van der Waals surface area (Å²) in [5.74, 6) is -1.76. The molecule has 0 bridgehead atoms. The summed E-state index contributed by atoms with van der Waals surface area (Å²) in [5.41, 5.74) is 7.18. The van der Waals surface area contributed by atoms with Crippen LogP contribution in [0.1, 0.15) is 36.8 Å². The number of methoxy groups -OCH3 is 1. The fraction of sp³-hybridized carbons (Fsp3) is 0.400. The van der Waals surface area contributed by atoms with Crippen LogP contribution in [-0.4, -0.2) is 43.6 Å². The summed E-state index contributed by atoms with van der Waals surface area (Å²) < 4.78 is 15.6. The van der Waals surface area contributed by atoms with Gasteiger partial charge in [-0.3, -0.25) is 19.7 Å². The van der Waals surface area contributed by atoms with Gasteiger partial charge in [-0.1, -0.05) is 67.1 Å². The quantitative estimate of drug-likeness (QED) is 0.253. The van der Waals surface area contributed by atoms with Gasteiger partial charge in [0, 0.05) is 0 Å². The largest absolute Gasteiger partial charge is 0.468 e. The summed E-state index contributed by atoms with van der Waals surface area (Å²) in [6.07, 6.45) is 1.50. The lowest BCUT2D eigenvalue weighted by Crippen LogP contribution is -2.49. The van der Waals surface area contributed by atoms with Gasteiger partial charge < -0.3 is 19.9 Å². The van der Waals surface area contributed by atoms with Crippen molar-refractivity contribution in [2.45, 2.75) is 51.0 Å². The lowest BCUT2D eigenvalue weighted by atomic mass is 10.1. The first-order valence-electron chi connectivity index (χ1n) is 11.0. The van der Waals surface area contributed by atoms with Crippen LogP contribution in [0.5, 0.6) is 0 Å². The number of nitrogens with two attached hydrogens (primary N) is 1. The van der Waals surface area contributed by atoms with E-state index in [1.54, 1.807) is 0 Å². The lowest BCUT2D eigenvalue weighted by Gasteiger charge is -2.23. The Kier molecular flexibility index (Phi) is 11.6. The Bertz CT molecular complexity index is 860. The van der Waals surface area contributed by atoms with Crippen molar-refractivity contribution in [3.8, 4) is 0 Å². The normalized spacial score (nSPS) is 12.4. The number of unbranched alkanes of at least 4 members (excludes halogenated alkanes) is 1. The van der Waals surface area contributed by atoms with Gasteiger partial charge in [0.25, 0.3) is 0 Å². The number of ether oxygens (including phenoxy) is 3. The van der Waals surface area contributed by atoms with Crippen molar-refractivity contribution in [1.82, 2.24) is 5.32 Å². The van der Waals surface area contributed by atoms with Gasteiger partial charge >= 0.3 is 17.9 Å². The van der Waals surface area contributed by atoms with Gasteiger partial charge in [-0.25, -0.2) is 0 Å². The number of benzene rings is 2. The number of rotatable bonds is 14. The van der Waals surface area contributed by atoms with Crippen LogP contribution in [0.4, 0.5) is 0 Å². The molecule has 2 aromatic rings. The van der Waals surface area contributed by atoms with Crippen LogP contribution in [0.15, 0.2) is 60.7 Å². The summed E-state index contributed by atoms with van der Waals surface area (Å²) in [4.78, 5) is 37.6. The molecule has 0 aromatic heterocycles. The van der Waals surface area contributed by atoms with E-state index in [4.69, 9.17) is 19.9 Å². The first-order chi connectivity index (χ1) is 16.0. The molecule has 178 valence electrons. The van der Waals surface area contributed by atoms with Crippen molar-refractivity contribution in [2.24, 2.45) is 5.73 Å². The van der Waals surface area contributed by atoms with E-state index < -0.39 is 30.0 Å². The van der Waals surface area contributed by atoms with Crippen molar-refractivity contribution in [3.63, 3.8) is 0 Å². The summed E-state index contributed by atoms with van der Waals surface area (Å²) in [5, 5.41) is 2.94. The zero-order valence-electron chi connectivity index (χ0n) is 18.9. The Morgan fingerprint density at radius 3 is 1.94 bits per heavy atom. The molecule has 0 saturated heterocycles. The number of esters is 3. The van der Waals surface area contributed by atoms with Crippen LogP contribution in [0.3, 0.4) is 0 Å². The third kappa shape index (κ3) is 9.84. The van der Waals surface area contributed by atoms with Gasteiger partial charge in [0.1, 0.15) is 25.3 Å². The maximum atomic E-state index is 12.8. The molecule has 0 aliphatic heterocycles. The molecule has 0 amide bonds. The first kappa shape index (κ1) is 26.0. The number of nitrogens with one attached hydrogen (secondary N) is 1. The average molecular weight is 457 g/mol. The number of hydrogen-bond donors (Lipinski definition) is 2. The highest BCUT2D eigenvalue weighted by molar-refractivity contribution is 5.84. The second kappa shape index (κ2) is 14.8. The molecular formula is C25H32N2O6. The molecule has 0 saturated carbocycles. The zero-order chi connectivity index (χ0) is 23.9. The summed E-state index contributed by atoms with van der Waals surface area (Å²) >= 11 is 0. The fourth-order valence-corrected chi connectivity index (χ4v) is 3.15. The third-order valence-electron chi connectivity index (χ3n) is 4.96. The topological polar surface area (TPSA) is 117 Å². The molecule has 8 heteroatoms. The highest BCUT2D eigenvalue weighted by Gasteiger charge is 2.30. The smallest absolute Gasteiger partial charge is 0.324 e. The van der Waals surface area contributed by atoms with E-state index in [0.717, 1.165) is 17.5 Å². The molecule has 8 nitrogen and oxygen atoms in total. The van der Waals surface area contributed by atoms with E-state index in [1.165, 1.54) is 7.11 Å². The predicted molar refractivity (Wildman–Crippen MR) is 123 cm³/mol. The van der Waals surface area contributed by atoms with E-state index in [2.05, 4.69) is 5.32 Å². The second-order valence-electron chi connectivity index (χ2n) is 7.52. The van der Waals surface area contributed by atoms with E-state index in [-0.39, 0.29) is 19.6 Å². The lowest BCUT2D eigenvalue weighted by molar-refractivity contribution is -0.155. The van der Waals surface area contributed by atoms with Crippen LogP contribution in [0, 0.1) is 0 Å². The standard InChI is InChI=1S/C25H32N2O6/c1-31-24(29)21(14-8-9-15-26)27-22(25(30)33-18-20-12-6-3-7-13-20)16-23(28)32-17-19-10-4-2-5-11-19/h2-7,10-13,21-22,27H,8-9,14-18,26H2,1H3. The fourth-order valence-electron chi connectivity index (χ4n) is 3.15. The van der Waals surface area contributed by atoms with Crippen molar-refractivity contribution < 1.29 is 28.6 Å². The molecule has 0 spiro atoms. The van der Waals surface area contributed by atoms with E-state index >= 15 is 0 Å². The second-order valence-corrected chi connectivity index (χ2v) is 7.52. The molecule has 0 aliphatic carbocycles. The minimum atomic E-state index is -1.07. The number of carbonyl (C=O) groups excluding carboxylic acids is 3. The molecule has 33 heavy (non-hydrogen) atoms. The Balaban J connectivity index is 2.04. The van der Waals surface area contributed by atoms with Gasteiger partial charge in [0.2, 0.25) is 0 Å². The Hall–Kier alpha value is -3.23. The zero-order valence-corrected chi connectivity index (χ0v) is 18.9. The summed E-state index contributed by atoms with van der Waals surface area (Å²) in [6, 6.07) is 16.6. The average Bonchev–Trinajstić information content (AvgIpc) is 2.85. The molecule has 2 atom stereocenters. The monoisotopic (exact) mass is 456 g/mol. The Labute approximate surface area is 194 Å². The molecule has 0 heterocycles. The van der Waals surface area contributed by atoms with Gasteiger partial charge in [-0.05, 0) is 30.5 Å². The highest BCUT2D eigenvalue weighted by atomic mass is 16.5. The number of hydrogen-bond acceptors (Lipinski definition) is 8. The molecular weight excluding hydrogens is 424 g/mol. The number of carbonyl (C=O) groups is 3. The molecule has 2 unspecified atom stereocenters. The molecule has 0 aliphatic rings. The third-order valence-corrected chi connectivity index (χ3v) is 4.96. The Morgan fingerprint density at radius 2 is 1.39 bits per heavy atom. The van der Waals surface area contributed by atoms with E-state index in [9.17, 15) is 14.4 Å². The van der Waals surface area contributed by atoms with Crippen LogP contribution < -0.4 is 11.1 Å². The van der Waals surface area contributed by atoms with E-state index in [0.29, 0.717) is 19.4 Å². The molecule has 3 N–H and O–H groups in total. The Morgan fingerprint density at radius 1 is 0.818 bits per heavy atom. The van der Waals surface area contributed by atoms with Crippen LogP contribution >= 0.6 is 0 Å². The van der Waals surface area contributed by atoms with Gasteiger partial charge in [-0.15, -0.1) is 0 Å². The summed E-state index contributed by atoms with van der Waals surface area (Å²) in [6.45, 7) is 0.623.